The summed E-state index contributed by atoms with van der Waals surface area (Å²) in [5.74, 6) is -0.123. The van der Waals surface area contributed by atoms with E-state index in [-0.39, 0.29) is 18.3 Å². The number of hydrogen-bond donors (Lipinski definition) is 3. The van der Waals surface area contributed by atoms with Crippen LogP contribution in [0.15, 0.2) is 57.4 Å². The SMILES string of the molecule is Cc1c(C(=O)NNC(=O)COc2ccccc2)oc2c1/C(=N/NC(=O)c1cccs1)CCC2. The van der Waals surface area contributed by atoms with Gasteiger partial charge < -0.3 is 9.15 Å². The molecule has 4 rings (SSSR count). The molecule has 0 unspecified atom stereocenters. The van der Waals surface area contributed by atoms with Crippen molar-refractivity contribution in [2.75, 3.05) is 6.61 Å². The molecule has 0 bridgehead atoms. The molecular formula is C23H22N4O5S. The molecule has 0 saturated heterocycles. The number of hydrazone groups is 1. The van der Waals surface area contributed by atoms with Gasteiger partial charge in [0.2, 0.25) is 0 Å². The van der Waals surface area contributed by atoms with Crippen molar-refractivity contribution < 1.29 is 23.5 Å². The molecule has 3 amide bonds. The van der Waals surface area contributed by atoms with Gasteiger partial charge in [-0.25, -0.2) is 5.43 Å². The Morgan fingerprint density at radius 2 is 1.88 bits per heavy atom. The molecule has 3 aromatic rings. The summed E-state index contributed by atoms with van der Waals surface area (Å²) in [5, 5.41) is 6.11. The van der Waals surface area contributed by atoms with Crippen LogP contribution in [0.5, 0.6) is 5.75 Å². The van der Waals surface area contributed by atoms with Crippen molar-refractivity contribution in [1.82, 2.24) is 16.3 Å². The van der Waals surface area contributed by atoms with Gasteiger partial charge in [0, 0.05) is 17.5 Å². The summed E-state index contributed by atoms with van der Waals surface area (Å²) in [4.78, 5) is 37.4. The lowest BCUT2D eigenvalue weighted by Gasteiger charge is -2.13. The first kappa shape index (κ1) is 22.3. The molecule has 2 aromatic heterocycles. The van der Waals surface area contributed by atoms with Gasteiger partial charge in [0.25, 0.3) is 11.8 Å². The highest BCUT2D eigenvalue weighted by Gasteiger charge is 2.28. The van der Waals surface area contributed by atoms with Gasteiger partial charge in [0.1, 0.15) is 11.5 Å². The van der Waals surface area contributed by atoms with E-state index in [1.54, 1.807) is 43.3 Å². The molecule has 0 radical (unpaired) electrons. The van der Waals surface area contributed by atoms with E-state index in [0.29, 0.717) is 40.5 Å². The molecule has 0 spiro atoms. The number of furan rings is 1. The molecule has 1 aromatic carbocycles. The maximum Gasteiger partial charge on any atom is 0.305 e. The number of thiophene rings is 1. The number of nitrogens with one attached hydrogen (secondary N) is 3. The minimum Gasteiger partial charge on any atom is -0.484 e. The lowest BCUT2D eigenvalue weighted by atomic mass is 9.93. The highest BCUT2D eigenvalue weighted by atomic mass is 32.1. The Morgan fingerprint density at radius 1 is 1.06 bits per heavy atom. The molecule has 10 heteroatoms. The number of hydrogen-bond acceptors (Lipinski definition) is 7. The molecule has 1 aliphatic rings. The number of carbonyl (C=O) groups excluding carboxylic acids is 3. The first-order chi connectivity index (χ1) is 16.0. The van der Waals surface area contributed by atoms with Crippen LogP contribution in [0.2, 0.25) is 0 Å². The number of para-hydroxylation sites is 1. The summed E-state index contributed by atoms with van der Waals surface area (Å²) in [6.07, 6.45) is 2.08. The van der Waals surface area contributed by atoms with Crippen LogP contribution in [0.1, 0.15) is 50.0 Å². The molecule has 0 fully saturated rings. The third kappa shape index (κ3) is 5.29. The second kappa shape index (κ2) is 10.1. The predicted octanol–water partition coefficient (Wildman–Crippen LogP) is 2.96. The zero-order chi connectivity index (χ0) is 23.2. The van der Waals surface area contributed by atoms with Gasteiger partial charge in [-0.2, -0.15) is 5.10 Å². The van der Waals surface area contributed by atoms with Crippen LogP contribution in [0.25, 0.3) is 0 Å². The lowest BCUT2D eigenvalue weighted by Crippen LogP contribution is -2.43. The summed E-state index contributed by atoms with van der Waals surface area (Å²) in [6, 6.07) is 12.4. The standard InChI is InChI=1S/C23H22N4O5S/c1-14-20-16(24-26-22(29)18-11-6-12-33-18)9-5-10-17(20)32-21(14)23(30)27-25-19(28)13-31-15-7-3-2-4-8-15/h2-4,6-8,11-12H,5,9-10,13H2,1H3,(H,25,28)(H,26,29)(H,27,30)/b24-16+. The zero-order valence-electron chi connectivity index (χ0n) is 17.8. The highest BCUT2D eigenvalue weighted by molar-refractivity contribution is 7.12. The minimum atomic E-state index is -0.586. The molecule has 170 valence electrons. The first-order valence-corrected chi connectivity index (χ1v) is 11.2. The van der Waals surface area contributed by atoms with Crippen LogP contribution >= 0.6 is 11.3 Å². The maximum atomic E-state index is 12.6. The second-order valence-electron chi connectivity index (χ2n) is 7.29. The average molecular weight is 467 g/mol. The van der Waals surface area contributed by atoms with Crippen LogP contribution in [0.3, 0.4) is 0 Å². The fraction of sp³-hybridized carbons (Fsp3) is 0.217. The number of rotatable bonds is 6. The molecule has 3 N–H and O–H groups in total. The number of aryl methyl sites for hydroxylation is 1. The molecule has 0 atom stereocenters. The van der Waals surface area contributed by atoms with E-state index in [1.165, 1.54) is 11.3 Å². The number of fused-ring (bicyclic) bond motifs is 1. The second-order valence-corrected chi connectivity index (χ2v) is 8.24. The summed E-state index contributed by atoms with van der Waals surface area (Å²) < 4.78 is 11.1. The number of hydrazine groups is 1. The van der Waals surface area contributed by atoms with E-state index < -0.39 is 11.8 Å². The quantitative estimate of drug-likeness (QED) is 0.482. The summed E-state index contributed by atoms with van der Waals surface area (Å²) in [5.41, 5.74) is 9.21. The number of benzene rings is 1. The van der Waals surface area contributed by atoms with E-state index in [9.17, 15) is 14.4 Å². The number of ether oxygens (including phenoxy) is 1. The molecule has 33 heavy (non-hydrogen) atoms. The first-order valence-electron chi connectivity index (χ1n) is 10.3. The largest absolute Gasteiger partial charge is 0.484 e. The van der Waals surface area contributed by atoms with E-state index in [2.05, 4.69) is 21.4 Å². The van der Waals surface area contributed by atoms with Gasteiger partial charge in [0.15, 0.2) is 12.4 Å². The van der Waals surface area contributed by atoms with Crippen molar-refractivity contribution in [3.05, 3.63) is 75.4 Å². The van der Waals surface area contributed by atoms with E-state index in [4.69, 9.17) is 9.15 Å². The Labute approximate surface area is 193 Å². The fourth-order valence-corrected chi connectivity index (χ4v) is 4.08. The van der Waals surface area contributed by atoms with E-state index >= 15 is 0 Å². The van der Waals surface area contributed by atoms with Gasteiger partial charge in [-0.15, -0.1) is 11.3 Å². The molecule has 1 aliphatic carbocycles. The summed E-state index contributed by atoms with van der Waals surface area (Å²) in [6.45, 7) is 1.50. The summed E-state index contributed by atoms with van der Waals surface area (Å²) >= 11 is 1.33. The Bertz CT molecular complexity index is 1190. The summed E-state index contributed by atoms with van der Waals surface area (Å²) in [7, 11) is 0. The Kier molecular flexibility index (Phi) is 6.84. The molecular weight excluding hydrogens is 444 g/mol. The number of nitrogens with zero attached hydrogens (tertiary/aromatic N) is 1. The third-order valence-electron chi connectivity index (χ3n) is 5.00. The van der Waals surface area contributed by atoms with Crippen LogP contribution < -0.4 is 21.0 Å². The van der Waals surface area contributed by atoms with Crippen LogP contribution in [-0.4, -0.2) is 30.0 Å². The van der Waals surface area contributed by atoms with Crippen LogP contribution in [0, 0.1) is 6.92 Å². The van der Waals surface area contributed by atoms with Gasteiger partial charge in [-0.3, -0.25) is 25.2 Å². The maximum absolute atomic E-state index is 12.6. The fourth-order valence-electron chi connectivity index (χ4n) is 3.46. The Hall–Kier alpha value is -3.92. The topological polar surface area (TPSA) is 122 Å². The van der Waals surface area contributed by atoms with Gasteiger partial charge in [-0.05, 0) is 43.3 Å². The van der Waals surface area contributed by atoms with Crippen molar-refractivity contribution in [1.29, 1.82) is 0 Å². The number of carbonyl (C=O) groups is 3. The van der Waals surface area contributed by atoms with Crippen molar-refractivity contribution in [2.24, 2.45) is 5.10 Å². The smallest absolute Gasteiger partial charge is 0.305 e. The monoisotopic (exact) mass is 466 g/mol. The molecule has 0 saturated carbocycles. The Morgan fingerprint density at radius 3 is 2.64 bits per heavy atom. The highest BCUT2D eigenvalue weighted by Crippen LogP contribution is 2.29. The average Bonchev–Trinajstić information content (AvgIpc) is 3.49. The third-order valence-corrected chi connectivity index (χ3v) is 5.87. The molecule has 9 nitrogen and oxygen atoms in total. The molecule has 0 aliphatic heterocycles. The van der Waals surface area contributed by atoms with Gasteiger partial charge in [0.05, 0.1) is 10.6 Å². The van der Waals surface area contributed by atoms with Gasteiger partial charge in [-0.1, -0.05) is 24.3 Å². The Balaban J connectivity index is 1.39. The van der Waals surface area contributed by atoms with E-state index in [0.717, 1.165) is 12.0 Å². The normalized spacial score (nSPS) is 13.8. The van der Waals surface area contributed by atoms with Crippen molar-refractivity contribution in [3.8, 4) is 5.75 Å². The molecule has 2 heterocycles. The predicted molar refractivity (Wildman–Crippen MR) is 122 cm³/mol. The van der Waals surface area contributed by atoms with Crippen molar-refractivity contribution in [2.45, 2.75) is 26.2 Å². The zero-order valence-corrected chi connectivity index (χ0v) is 18.7. The van der Waals surface area contributed by atoms with Crippen LogP contribution in [-0.2, 0) is 11.2 Å². The van der Waals surface area contributed by atoms with Crippen LogP contribution in [0.4, 0.5) is 0 Å². The van der Waals surface area contributed by atoms with Crippen molar-refractivity contribution >= 4 is 34.8 Å². The van der Waals surface area contributed by atoms with Crippen molar-refractivity contribution in [3.63, 3.8) is 0 Å². The van der Waals surface area contributed by atoms with E-state index in [1.807, 2.05) is 11.4 Å². The minimum absolute atomic E-state index is 0.0865. The number of amides is 3. The van der Waals surface area contributed by atoms with Gasteiger partial charge >= 0.3 is 5.91 Å². The lowest BCUT2D eigenvalue weighted by molar-refractivity contribution is -0.123.